The Morgan fingerprint density at radius 2 is 1.12 bits per heavy atom. The zero-order chi connectivity index (χ0) is 5.66. The summed E-state index contributed by atoms with van der Waals surface area (Å²) in [6.45, 7) is 3.12. The van der Waals surface area contributed by atoms with Crippen LogP contribution in [0.2, 0.25) is 0 Å². The zero-order valence-electron chi connectivity index (χ0n) is 4.76. The highest BCUT2D eigenvalue weighted by Gasteiger charge is 1.94. The largest absolute Gasteiger partial charge is 0.377 e. The van der Waals surface area contributed by atoms with Gasteiger partial charge >= 0.3 is 0 Å². The zero-order valence-corrected chi connectivity index (χ0v) is 4.76. The molecule has 3 heteroatoms. The molecule has 0 saturated carbocycles. The van der Waals surface area contributed by atoms with Crippen molar-refractivity contribution in [3.8, 4) is 0 Å². The third-order valence-corrected chi connectivity index (χ3v) is 0.911. The van der Waals surface area contributed by atoms with E-state index in [1.165, 1.54) is 0 Å². The van der Waals surface area contributed by atoms with Crippen molar-refractivity contribution in [3.63, 3.8) is 0 Å². The molecule has 0 N–H and O–H groups in total. The van der Waals surface area contributed by atoms with Gasteiger partial charge in [0.1, 0.15) is 6.79 Å². The molecular weight excluding hydrogens is 108 g/mol. The molecule has 0 atom stereocenters. The Kier molecular flexibility index (Phi) is 2.88. The molecule has 48 valence electrons. The van der Waals surface area contributed by atoms with Crippen LogP contribution >= 0.6 is 0 Å². The smallest absolute Gasteiger partial charge is 0.146 e. The van der Waals surface area contributed by atoms with Crippen molar-refractivity contribution in [2.24, 2.45) is 0 Å². The second-order valence-corrected chi connectivity index (χ2v) is 1.55. The Hall–Kier alpha value is -0.120. The molecule has 1 rings (SSSR count). The molecule has 3 nitrogen and oxygen atoms in total. The quantitative estimate of drug-likeness (QED) is 0.448. The Morgan fingerprint density at radius 3 is 1.75 bits per heavy atom. The lowest BCUT2D eigenvalue weighted by Gasteiger charge is -2.10. The van der Waals surface area contributed by atoms with Crippen LogP contribution in [0.5, 0.6) is 0 Å². The summed E-state index contributed by atoms with van der Waals surface area (Å²) in [5, 5.41) is 0. The van der Waals surface area contributed by atoms with Crippen molar-refractivity contribution < 1.29 is 14.2 Å². The minimum Gasteiger partial charge on any atom is -0.377 e. The molecule has 0 aliphatic carbocycles. The van der Waals surface area contributed by atoms with Crippen LogP contribution in [0, 0.1) is 0 Å². The second-order valence-electron chi connectivity index (χ2n) is 1.55. The fourth-order valence-electron chi connectivity index (χ4n) is 0.515. The first-order valence-corrected chi connectivity index (χ1v) is 2.73. The minimum absolute atomic E-state index is 0.420. The molecule has 0 aromatic heterocycles. The minimum atomic E-state index is 0.420. The van der Waals surface area contributed by atoms with E-state index in [0.717, 1.165) is 0 Å². The molecule has 0 aromatic rings. The van der Waals surface area contributed by atoms with E-state index in [2.05, 4.69) is 0 Å². The topological polar surface area (TPSA) is 27.7 Å². The molecular formula is C5H10O3. The summed E-state index contributed by atoms with van der Waals surface area (Å²) in [4.78, 5) is 0. The second kappa shape index (κ2) is 3.83. The molecule has 0 amide bonds. The van der Waals surface area contributed by atoms with E-state index in [1.807, 2.05) is 0 Å². The maximum Gasteiger partial charge on any atom is 0.146 e. The van der Waals surface area contributed by atoms with Gasteiger partial charge in [0.05, 0.1) is 26.4 Å². The van der Waals surface area contributed by atoms with Gasteiger partial charge in [0.15, 0.2) is 0 Å². The maximum atomic E-state index is 5.02. The first kappa shape index (κ1) is 6.01. The molecule has 1 aliphatic rings. The third-order valence-electron chi connectivity index (χ3n) is 0.911. The van der Waals surface area contributed by atoms with Crippen LogP contribution < -0.4 is 0 Å². The van der Waals surface area contributed by atoms with Crippen LogP contribution in [0.15, 0.2) is 0 Å². The van der Waals surface area contributed by atoms with Crippen molar-refractivity contribution in [1.29, 1.82) is 0 Å². The summed E-state index contributed by atoms with van der Waals surface area (Å²) in [5.74, 6) is 0. The van der Waals surface area contributed by atoms with Gasteiger partial charge in [0.25, 0.3) is 0 Å². The number of hydrogen-bond donors (Lipinski definition) is 0. The van der Waals surface area contributed by atoms with Gasteiger partial charge in [-0.05, 0) is 0 Å². The van der Waals surface area contributed by atoms with Crippen LogP contribution in [0.25, 0.3) is 0 Å². The Morgan fingerprint density at radius 1 is 0.625 bits per heavy atom. The molecule has 1 heterocycles. The standard InChI is InChI=1S/C5H10O3/c1-3-7-5-8-4-2-6-1/h1-5H2. The number of ether oxygens (including phenoxy) is 3. The first-order chi connectivity index (χ1) is 4.00. The van der Waals surface area contributed by atoms with Crippen LogP contribution in [0.3, 0.4) is 0 Å². The van der Waals surface area contributed by atoms with Gasteiger partial charge in [0, 0.05) is 0 Å². The van der Waals surface area contributed by atoms with E-state index in [0.29, 0.717) is 33.2 Å². The molecule has 1 saturated heterocycles. The Balaban J connectivity index is 2.00. The van der Waals surface area contributed by atoms with Crippen molar-refractivity contribution in [2.45, 2.75) is 0 Å². The van der Waals surface area contributed by atoms with Crippen molar-refractivity contribution >= 4 is 0 Å². The summed E-state index contributed by atoms with van der Waals surface area (Å²) in [6, 6.07) is 0. The van der Waals surface area contributed by atoms with Gasteiger partial charge in [-0.25, -0.2) is 0 Å². The molecule has 0 aromatic carbocycles. The molecule has 0 radical (unpaired) electrons. The van der Waals surface area contributed by atoms with Gasteiger partial charge in [-0.1, -0.05) is 0 Å². The molecule has 0 spiro atoms. The molecule has 1 aliphatic heterocycles. The highest BCUT2D eigenvalue weighted by atomic mass is 16.7. The van der Waals surface area contributed by atoms with Crippen molar-refractivity contribution in [2.75, 3.05) is 33.2 Å². The van der Waals surface area contributed by atoms with Gasteiger partial charge in [-0.2, -0.15) is 0 Å². The Bertz CT molecular complexity index is 31.6. The van der Waals surface area contributed by atoms with E-state index < -0.39 is 0 Å². The van der Waals surface area contributed by atoms with Gasteiger partial charge in [-0.15, -0.1) is 0 Å². The fourth-order valence-corrected chi connectivity index (χ4v) is 0.515. The van der Waals surface area contributed by atoms with E-state index in [1.54, 1.807) is 0 Å². The highest BCUT2D eigenvalue weighted by molar-refractivity contribution is 4.32. The predicted molar refractivity (Wildman–Crippen MR) is 27.6 cm³/mol. The van der Waals surface area contributed by atoms with Gasteiger partial charge in [-0.3, -0.25) is 0 Å². The van der Waals surface area contributed by atoms with E-state index >= 15 is 0 Å². The summed E-state index contributed by atoms with van der Waals surface area (Å²) in [6.07, 6.45) is 0. The average molecular weight is 118 g/mol. The third kappa shape index (κ3) is 2.26. The predicted octanol–water partition coefficient (Wildman–Crippen LogP) is 0.00730. The van der Waals surface area contributed by atoms with Crippen LogP contribution in [0.4, 0.5) is 0 Å². The number of hydrogen-bond acceptors (Lipinski definition) is 3. The summed E-state index contributed by atoms with van der Waals surface area (Å²) in [7, 11) is 0. The average Bonchev–Trinajstić information content (AvgIpc) is 1.62. The van der Waals surface area contributed by atoms with Crippen molar-refractivity contribution in [1.82, 2.24) is 0 Å². The highest BCUT2D eigenvalue weighted by Crippen LogP contribution is 1.85. The Labute approximate surface area is 48.5 Å². The lowest BCUT2D eigenvalue weighted by atomic mass is 10.7. The maximum absolute atomic E-state index is 5.02. The number of rotatable bonds is 0. The summed E-state index contributed by atoms with van der Waals surface area (Å²) >= 11 is 0. The first-order valence-electron chi connectivity index (χ1n) is 2.73. The summed E-state index contributed by atoms with van der Waals surface area (Å²) in [5.41, 5.74) is 0. The normalized spacial score (nSPS) is 24.0. The lowest BCUT2D eigenvalue weighted by molar-refractivity contribution is -0.108. The van der Waals surface area contributed by atoms with Crippen LogP contribution in [-0.2, 0) is 14.2 Å². The fraction of sp³-hybridized carbons (Fsp3) is 1.00. The monoisotopic (exact) mass is 118 g/mol. The van der Waals surface area contributed by atoms with Crippen molar-refractivity contribution in [3.05, 3.63) is 0 Å². The molecule has 0 unspecified atom stereocenters. The van der Waals surface area contributed by atoms with Crippen LogP contribution in [-0.4, -0.2) is 33.2 Å². The summed E-state index contributed by atoms with van der Waals surface area (Å²) < 4.78 is 14.9. The molecule has 0 bridgehead atoms. The molecule has 8 heavy (non-hydrogen) atoms. The SMILES string of the molecule is C1COCOCCO1. The lowest BCUT2D eigenvalue weighted by Crippen LogP contribution is -2.15. The van der Waals surface area contributed by atoms with Gasteiger partial charge in [0.2, 0.25) is 0 Å². The molecule has 1 fully saturated rings. The van der Waals surface area contributed by atoms with E-state index in [9.17, 15) is 0 Å². The van der Waals surface area contributed by atoms with Gasteiger partial charge < -0.3 is 14.2 Å². The van der Waals surface area contributed by atoms with Crippen LogP contribution in [0.1, 0.15) is 0 Å². The van der Waals surface area contributed by atoms with E-state index in [4.69, 9.17) is 14.2 Å². The van der Waals surface area contributed by atoms with E-state index in [-0.39, 0.29) is 0 Å².